The van der Waals surface area contributed by atoms with Gasteiger partial charge in [0.05, 0.1) is 0 Å². The van der Waals surface area contributed by atoms with Crippen LogP contribution >= 0.6 is 0 Å². The fraction of sp³-hybridized carbons (Fsp3) is 0.455. The Morgan fingerprint density at radius 2 is 1.72 bits per heavy atom. The van der Waals surface area contributed by atoms with Gasteiger partial charge < -0.3 is 9.84 Å². The van der Waals surface area contributed by atoms with Crippen molar-refractivity contribution in [3.63, 3.8) is 0 Å². The molecule has 3 nitrogen and oxygen atoms in total. The van der Waals surface area contributed by atoms with E-state index in [9.17, 15) is 5.11 Å². The van der Waals surface area contributed by atoms with Crippen molar-refractivity contribution in [2.75, 3.05) is 13.2 Å². The first-order valence-electron chi connectivity index (χ1n) is 9.15. The maximum absolute atomic E-state index is 10.5. The summed E-state index contributed by atoms with van der Waals surface area (Å²) < 4.78 is 5.80. The summed E-state index contributed by atoms with van der Waals surface area (Å²) in [5, 5.41) is 10.5. The third kappa shape index (κ3) is 6.18. The highest BCUT2D eigenvalue weighted by Crippen LogP contribution is 2.17. The molecular formula is C22H31NO2. The Kier molecular flexibility index (Phi) is 7.48. The van der Waals surface area contributed by atoms with Gasteiger partial charge in [0, 0.05) is 19.1 Å². The number of aliphatic hydroxyl groups is 1. The van der Waals surface area contributed by atoms with Crippen LogP contribution in [0.1, 0.15) is 37.0 Å². The minimum absolute atomic E-state index is 0.311. The summed E-state index contributed by atoms with van der Waals surface area (Å²) in [6, 6.07) is 16.9. The zero-order chi connectivity index (χ0) is 18.2. The molecule has 0 bridgehead atoms. The highest BCUT2D eigenvalue weighted by molar-refractivity contribution is 5.31. The van der Waals surface area contributed by atoms with E-state index in [1.165, 1.54) is 11.1 Å². The number of hydrogen-bond acceptors (Lipinski definition) is 3. The van der Waals surface area contributed by atoms with Crippen molar-refractivity contribution >= 4 is 0 Å². The molecule has 2 atom stereocenters. The number of aryl methyl sites for hydroxylation is 2. The fourth-order valence-corrected chi connectivity index (χ4v) is 2.81. The highest BCUT2D eigenvalue weighted by atomic mass is 16.5. The molecule has 0 heterocycles. The number of aliphatic hydroxyl groups excluding tert-OH is 1. The quantitative estimate of drug-likeness (QED) is 0.736. The van der Waals surface area contributed by atoms with Gasteiger partial charge in [-0.05, 0) is 44.4 Å². The first-order chi connectivity index (χ1) is 12.0. The average molecular weight is 341 g/mol. The van der Waals surface area contributed by atoms with Crippen LogP contribution in [-0.4, -0.2) is 35.3 Å². The van der Waals surface area contributed by atoms with Crippen LogP contribution < -0.4 is 4.74 Å². The second kappa shape index (κ2) is 9.59. The second-order valence-corrected chi connectivity index (χ2v) is 6.90. The lowest BCUT2D eigenvalue weighted by Crippen LogP contribution is -2.40. The standard InChI is InChI=1S/C22H31NO2/c1-5-19(4)23(14-20-12-10-17(2)11-13-20)15-21(24)16-25-22-9-7-6-8-18(22)3/h6-13,19,21,24H,5,14-16H2,1-4H3/t19-,21+/m1/s1. The Bertz CT molecular complexity index is 639. The molecule has 2 aromatic carbocycles. The van der Waals surface area contributed by atoms with E-state index in [2.05, 4.69) is 49.9 Å². The zero-order valence-corrected chi connectivity index (χ0v) is 15.9. The summed E-state index contributed by atoms with van der Waals surface area (Å²) in [6.45, 7) is 10.3. The Morgan fingerprint density at radius 1 is 1.04 bits per heavy atom. The van der Waals surface area contributed by atoms with Gasteiger partial charge in [-0.3, -0.25) is 4.90 Å². The van der Waals surface area contributed by atoms with Gasteiger partial charge in [-0.15, -0.1) is 0 Å². The average Bonchev–Trinajstić information content (AvgIpc) is 2.61. The van der Waals surface area contributed by atoms with Crippen molar-refractivity contribution < 1.29 is 9.84 Å². The summed E-state index contributed by atoms with van der Waals surface area (Å²) >= 11 is 0. The minimum atomic E-state index is -0.515. The SMILES string of the molecule is CC[C@@H](C)N(Cc1ccc(C)cc1)C[C@H](O)COc1ccccc1C. The van der Waals surface area contributed by atoms with Gasteiger partial charge in [0.2, 0.25) is 0 Å². The molecule has 0 aromatic heterocycles. The van der Waals surface area contributed by atoms with Crippen LogP contribution in [0.3, 0.4) is 0 Å². The molecule has 0 saturated carbocycles. The van der Waals surface area contributed by atoms with E-state index in [0.29, 0.717) is 19.2 Å². The van der Waals surface area contributed by atoms with Gasteiger partial charge in [-0.2, -0.15) is 0 Å². The molecule has 3 heteroatoms. The van der Waals surface area contributed by atoms with Crippen LogP contribution in [0.4, 0.5) is 0 Å². The lowest BCUT2D eigenvalue weighted by molar-refractivity contribution is 0.0504. The van der Waals surface area contributed by atoms with Crippen LogP contribution in [0.2, 0.25) is 0 Å². The Hall–Kier alpha value is -1.84. The topological polar surface area (TPSA) is 32.7 Å². The molecule has 0 aliphatic carbocycles. The zero-order valence-electron chi connectivity index (χ0n) is 15.9. The number of nitrogens with zero attached hydrogens (tertiary/aromatic N) is 1. The van der Waals surface area contributed by atoms with Crippen molar-refractivity contribution in [3.05, 3.63) is 65.2 Å². The minimum Gasteiger partial charge on any atom is -0.491 e. The molecule has 0 radical (unpaired) electrons. The Labute approximate surface area is 152 Å². The normalized spacial score (nSPS) is 13.7. The molecule has 0 amide bonds. The molecule has 0 spiro atoms. The van der Waals surface area contributed by atoms with Crippen LogP contribution in [0.25, 0.3) is 0 Å². The summed E-state index contributed by atoms with van der Waals surface area (Å²) in [4.78, 5) is 2.33. The Morgan fingerprint density at radius 3 is 2.36 bits per heavy atom. The summed E-state index contributed by atoms with van der Waals surface area (Å²) in [5.74, 6) is 0.843. The summed E-state index contributed by atoms with van der Waals surface area (Å²) in [6.07, 6.45) is 0.538. The first-order valence-corrected chi connectivity index (χ1v) is 9.15. The number of para-hydroxylation sites is 1. The van der Waals surface area contributed by atoms with E-state index in [-0.39, 0.29) is 0 Å². The van der Waals surface area contributed by atoms with Gasteiger partial charge in [0.15, 0.2) is 0 Å². The summed E-state index contributed by atoms with van der Waals surface area (Å²) in [7, 11) is 0. The van der Waals surface area contributed by atoms with Crippen LogP contribution in [0.5, 0.6) is 5.75 Å². The van der Waals surface area contributed by atoms with Crippen LogP contribution in [0, 0.1) is 13.8 Å². The molecule has 0 saturated heterocycles. The lowest BCUT2D eigenvalue weighted by atomic mass is 10.1. The first kappa shape index (κ1) is 19.5. The van der Waals surface area contributed by atoms with Crippen molar-refractivity contribution in [1.82, 2.24) is 4.90 Å². The second-order valence-electron chi connectivity index (χ2n) is 6.90. The van der Waals surface area contributed by atoms with E-state index < -0.39 is 6.10 Å². The summed E-state index contributed by atoms with van der Waals surface area (Å²) in [5.41, 5.74) is 3.64. The fourth-order valence-electron chi connectivity index (χ4n) is 2.81. The van der Waals surface area contributed by atoms with Crippen LogP contribution in [-0.2, 0) is 6.54 Å². The maximum Gasteiger partial charge on any atom is 0.122 e. The van der Waals surface area contributed by atoms with Gasteiger partial charge in [0.25, 0.3) is 0 Å². The highest BCUT2D eigenvalue weighted by Gasteiger charge is 2.17. The van der Waals surface area contributed by atoms with Gasteiger partial charge in [-0.25, -0.2) is 0 Å². The van der Waals surface area contributed by atoms with E-state index in [0.717, 1.165) is 24.3 Å². The molecule has 1 N–H and O–H groups in total. The third-order valence-corrected chi connectivity index (χ3v) is 4.69. The van der Waals surface area contributed by atoms with Crippen molar-refractivity contribution in [2.24, 2.45) is 0 Å². The third-order valence-electron chi connectivity index (χ3n) is 4.69. The van der Waals surface area contributed by atoms with Gasteiger partial charge >= 0.3 is 0 Å². The molecule has 0 fully saturated rings. The number of rotatable bonds is 9. The van der Waals surface area contributed by atoms with E-state index >= 15 is 0 Å². The molecule has 136 valence electrons. The molecule has 25 heavy (non-hydrogen) atoms. The van der Waals surface area contributed by atoms with E-state index in [1.54, 1.807) is 0 Å². The van der Waals surface area contributed by atoms with Crippen molar-refractivity contribution in [2.45, 2.75) is 52.8 Å². The van der Waals surface area contributed by atoms with Crippen molar-refractivity contribution in [3.8, 4) is 5.75 Å². The monoisotopic (exact) mass is 341 g/mol. The Balaban J connectivity index is 1.93. The van der Waals surface area contributed by atoms with E-state index in [1.807, 2.05) is 31.2 Å². The van der Waals surface area contributed by atoms with Gasteiger partial charge in [-0.1, -0.05) is 55.0 Å². The number of ether oxygens (including phenoxy) is 1. The van der Waals surface area contributed by atoms with E-state index in [4.69, 9.17) is 4.74 Å². The largest absolute Gasteiger partial charge is 0.491 e. The molecule has 2 aromatic rings. The number of hydrogen-bond donors (Lipinski definition) is 1. The molecule has 0 unspecified atom stereocenters. The lowest BCUT2D eigenvalue weighted by Gasteiger charge is -2.30. The number of benzene rings is 2. The smallest absolute Gasteiger partial charge is 0.122 e. The molecule has 0 aliphatic heterocycles. The maximum atomic E-state index is 10.5. The van der Waals surface area contributed by atoms with Crippen LogP contribution in [0.15, 0.2) is 48.5 Å². The van der Waals surface area contributed by atoms with Crippen molar-refractivity contribution in [1.29, 1.82) is 0 Å². The molecule has 0 aliphatic rings. The predicted octanol–water partition coefficient (Wildman–Crippen LogP) is 4.34. The van der Waals surface area contributed by atoms with Gasteiger partial charge in [0.1, 0.15) is 18.5 Å². The molecular weight excluding hydrogens is 310 g/mol. The molecule has 2 rings (SSSR count). The predicted molar refractivity (Wildman–Crippen MR) is 104 cm³/mol.